The molecule has 0 spiro atoms. The number of nitrogens with one attached hydrogen (secondary N) is 1. The molecule has 0 aliphatic carbocycles. The predicted molar refractivity (Wildman–Crippen MR) is 66.5 cm³/mol. The second kappa shape index (κ2) is 5.02. The fourth-order valence-electron chi connectivity index (χ4n) is 1.25. The fourth-order valence-corrected chi connectivity index (χ4v) is 3.55. The Morgan fingerprint density at radius 2 is 1.83 bits per heavy atom. The van der Waals surface area contributed by atoms with E-state index in [1.807, 2.05) is 0 Å². The number of benzene rings is 1. The van der Waals surface area contributed by atoms with Crippen LogP contribution in [0.5, 0.6) is 0 Å². The third kappa shape index (κ3) is 3.12. The van der Waals surface area contributed by atoms with E-state index in [0.29, 0.717) is 6.07 Å². The number of hydrogen-bond acceptors (Lipinski definition) is 5. The molecular weight excluding hydrogens is 304 g/mol. The maximum Gasteiger partial charge on any atom is 0.296 e. The number of halogens is 1. The van der Waals surface area contributed by atoms with Crippen molar-refractivity contribution in [3.05, 3.63) is 17.2 Å². The van der Waals surface area contributed by atoms with Crippen molar-refractivity contribution in [2.45, 2.75) is 16.7 Å². The summed E-state index contributed by atoms with van der Waals surface area (Å²) in [6.45, 7) is 1.65. The summed E-state index contributed by atoms with van der Waals surface area (Å²) in [6.07, 6.45) is 0. The zero-order valence-electron chi connectivity index (χ0n) is 9.21. The van der Waals surface area contributed by atoms with Crippen LogP contribution in [0.1, 0.15) is 6.92 Å². The van der Waals surface area contributed by atoms with Crippen LogP contribution in [-0.2, 0) is 20.1 Å². The molecule has 0 unspecified atom stereocenters. The summed E-state index contributed by atoms with van der Waals surface area (Å²) in [5.74, 6) is 0. The summed E-state index contributed by atoms with van der Waals surface area (Å²) in [7, 11) is -8.58. The molecule has 0 saturated carbocycles. The number of sulfonamides is 1. The van der Waals surface area contributed by atoms with E-state index < -0.39 is 29.9 Å². The van der Waals surface area contributed by atoms with Gasteiger partial charge in [0.15, 0.2) is 0 Å². The van der Waals surface area contributed by atoms with Crippen LogP contribution >= 0.6 is 11.6 Å². The standard InChI is InChI=1S/C8H11ClN2O5S2/c1-2-11-17(12,13)7-4-8(18(14,15)16)6(10)3-5(7)9/h3-4,11H,2,10H2,1H3,(H,14,15,16). The van der Waals surface area contributed by atoms with Gasteiger partial charge in [-0.3, -0.25) is 4.55 Å². The Hall–Kier alpha value is -0.870. The van der Waals surface area contributed by atoms with Gasteiger partial charge in [0, 0.05) is 6.54 Å². The Balaban J connectivity index is 3.59. The van der Waals surface area contributed by atoms with Crippen LogP contribution < -0.4 is 10.5 Å². The number of nitrogens with two attached hydrogens (primary N) is 1. The third-order valence-corrected chi connectivity index (χ3v) is 4.89. The maximum atomic E-state index is 11.7. The number of anilines is 1. The lowest BCUT2D eigenvalue weighted by molar-refractivity contribution is 0.483. The minimum absolute atomic E-state index is 0.101. The highest BCUT2D eigenvalue weighted by Gasteiger charge is 2.23. The van der Waals surface area contributed by atoms with Crippen molar-refractivity contribution in [3.8, 4) is 0 Å². The van der Waals surface area contributed by atoms with Crippen molar-refractivity contribution in [2.24, 2.45) is 0 Å². The first kappa shape index (κ1) is 15.2. The summed E-state index contributed by atoms with van der Waals surface area (Å²) in [5, 5.41) is -0.235. The first-order chi connectivity index (χ1) is 8.09. The van der Waals surface area contributed by atoms with E-state index >= 15 is 0 Å². The largest absolute Gasteiger partial charge is 0.398 e. The molecule has 0 aromatic heterocycles. The van der Waals surface area contributed by atoms with E-state index in [0.717, 1.165) is 6.07 Å². The highest BCUT2D eigenvalue weighted by molar-refractivity contribution is 7.89. The van der Waals surface area contributed by atoms with E-state index in [1.54, 1.807) is 6.92 Å². The molecular formula is C8H11ClN2O5S2. The van der Waals surface area contributed by atoms with Gasteiger partial charge in [0.2, 0.25) is 10.0 Å². The van der Waals surface area contributed by atoms with Gasteiger partial charge in [-0.15, -0.1) is 0 Å². The Labute approximate surface area is 110 Å². The van der Waals surface area contributed by atoms with Gasteiger partial charge in [-0.2, -0.15) is 8.42 Å². The van der Waals surface area contributed by atoms with Gasteiger partial charge < -0.3 is 5.73 Å². The van der Waals surface area contributed by atoms with Crippen LogP contribution in [-0.4, -0.2) is 27.9 Å². The SMILES string of the molecule is CCNS(=O)(=O)c1cc(S(=O)(=O)O)c(N)cc1Cl. The van der Waals surface area contributed by atoms with Gasteiger partial charge in [-0.25, -0.2) is 13.1 Å². The molecule has 0 radical (unpaired) electrons. The quantitative estimate of drug-likeness (QED) is 0.547. The molecule has 7 nitrogen and oxygen atoms in total. The van der Waals surface area contributed by atoms with Gasteiger partial charge in [-0.05, 0) is 12.1 Å². The van der Waals surface area contributed by atoms with Gasteiger partial charge in [-0.1, -0.05) is 18.5 Å². The molecule has 4 N–H and O–H groups in total. The van der Waals surface area contributed by atoms with Crippen molar-refractivity contribution in [3.63, 3.8) is 0 Å². The van der Waals surface area contributed by atoms with Crippen molar-refractivity contribution < 1.29 is 21.4 Å². The van der Waals surface area contributed by atoms with Crippen molar-refractivity contribution in [1.82, 2.24) is 4.72 Å². The molecule has 102 valence electrons. The van der Waals surface area contributed by atoms with E-state index in [-0.39, 0.29) is 17.3 Å². The molecule has 1 aromatic carbocycles. The van der Waals surface area contributed by atoms with E-state index in [1.165, 1.54) is 0 Å². The molecule has 1 rings (SSSR count). The van der Waals surface area contributed by atoms with Crippen LogP contribution in [0.3, 0.4) is 0 Å². The Morgan fingerprint density at radius 3 is 2.28 bits per heavy atom. The first-order valence-electron chi connectivity index (χ1n) is 4.65. The van der Waals surface area contributed by atoms with Crippen molar-refractivity contribution in [1.29, 1.82) is 0 Å². The smallest absolute Gasteiger partial charge is 0.296 e. The minimum Gasteiger partial charge on any atom is -0.398 e. The van der Waals surface area contributed by atoms with Crippen LogP contribution in [0.2, 0.25) is 5.02 Å². The Morgan fingerprint density at radius 1 is 1.28 bits per heavy atom. The lowest BCUT2D eigenvalue weighted by Crippen LogP contribution is -2.24. The highest BCUT2D eigenvalue weighted by Crippen LogP contribution is 2.29. The van der Waals surface area contributed by atoms with Gasteiger partial charge >= 0.3 is 0 Å². The Kier molecular flexibility index (Phi) is 4.23. The number of rotatable bonds is 4. The van der Waals surface area contributed by atoms with Gasteiger partial charge in [0.05, 0.1) is 10.7 Å². The normalized spacial score (nSPS) is 12.6. The molecule has 1 aromatic rings. The molecule has 0 fully saturated rings. The fraction of sp³-hybridized carbons (Fsp3) is 0.250. The summed E-state index contributed by atoms with van der Waals surface area (Å²) in [4.78, 5) is -1.17. The van der Waals surface area contributed by atoms with Gasteiger partial charge in [0.25, 0.3) is 10.1 Å². The topological polar surface area (TPSA) is 127 Å². The number of hydrogen-bond donors (Lipinski definition) is 3. The average molecular weight is 315 g/mol. The lowest BCUT2D eigenvalue weighted by atomic mass is 10.3. The molecule has 0 bridgehead atoms. The van der Waals surface area contributed by atoms with Crippen LogP contribution in [0.4, 0.5) is 5.69 Å². The summed E-state index contributed by atoms with van der Waals surface area (Å²) in [6, 6.07) is 1.67. The monoisotopic (exact) mass is 314 g/mol. The highest BCUT2D eigenvalue weighted by atomic mass is 35.5. The third-order valence-electron chi connectivity index (χ3n) is 1.97. The second-order valence-electron chi connectivity index (χ2n) is 3.30. The number of nitrogen functional groups attached to an aromatic ring is 1. The molecule has 0 aliphatic rings. The average Bonchev–Trinajstić information content (AvgIpc) is 2.14. The van der Waals surface area contributed by atoms with E-state index in [2.05, 4.69) is 4.72 Å². The van der Waals surface area contributed by atoms with E-state index in [9.17, 15) is 16.8 Å². The lowest BCUT2D eigenvalue weighted by Gasteiger charge is -2.10. The van der Waals surface area contributed by atoms with E-state index in [4.69, 9.17) is 21.9 Å². The zero-order valence-corrected chi connectivity index (χ0v) is 11.6. The Bertz CT molecular complexity index is 669. The summed E-state index contributed by atoms with van der Waals surface area (Å²) < 4.78 is 56.6. The zero-order chi connectivity index (χ0) is 14.1. The predicted octanol–water partition coefficient (Wildman–Crippen LogP) is 0.467. The molecule has 10 heteroatoms. The molecule has 0 aliphatic heterocycles. The maximum absolute atomic E-state index is 11.7. The molecule has 0 heterocycles. The first-order valence-corrected chi connectivity index (χ1v) is 7.96. The van der Waals surface area contributed by atoms with Crippen molar-refractivity contribution >= 4 is 37.4 Å². The second-order valence-corrected chi connectivity index (χ2v) is 6.83. The molecule has 0 amide bonds. The summed E-state index contributed by atoms with van der Waals surface area (Å²) >= 11 is 5.70. The molecule has 0 atom stereocenters. The van der Waals surface area contributed by atoms with Crippen molar-refractivity contribution in [2.75, 3.05) is 12.3 Å². The minimum atomic E-state index is -4.62. The van der Waals surface area contributed by atoms with Crippen LogP contribution in [0.25, 0.3) is 0 Å². The summed E-state index contributed by atoms with van der Waals surface area (Å²) in [5.41, 5.74) is 5.02. The van der Waals surface area contributed by atoms with Crippen LogP contribution in [0, 0.1) is 0 Å². The van der Waals surface area contributed by atoms with Crippen LogP contribution in [0.15, 0.2) is 21.9 Å². The molecule has 18 heavy (non-hydrogen) atoms. The molecule has 0 saturated heterocycles. The van der Waals surface area contributed by atoms with Gasteiger partial charge in [0.1, 0.15) is 9.79 Å².